The highest BCUT2D eigenvalue weighted by Crippen LogP contribution is 2.45. The van der Waals surface area contributed by atoms with Gasteiger partial charge in [0, 0.05) is 25.7 Å². The van der Waals surface area contributed by atoms with Gasteiger partial charge in [0.15, 0.2) is 12.2 Å². The first-order valence-corrected chi connectivity index (χ1v) is 45.2. The van der Waals surface area contributed by atoms with Crippen LogP contribution in [0, 0.1) is 0 Å². The molecule has 0 aromatic carbocycles. The van der Waals surface area contributed by atoms with Crippen LogP contribution >= 0.6 is 15.6 Å². The number of aliphatic hydroxyl groups excluding tert-OH is 1. The molecule has 0 aromatic heterocycles. The number of hydrogen-bond donors (Lipinski definition) is 3. The van der Waals surface area contributed by atoms with E-state index >= 15 is 0 Å². The maximum Gasteiger partial charge on any atom is 0.472 e. The van der Waals surface area contributed by atoms with Crippen molar-refractivity contribution >= 4 is 39.5 Å². The zero-order valence-electron chi connectivity index (χ0n) is 66.5. The van der Waals surface area contributed by atoms with Gasteiger partial charge < -0.3 is 33.8 Å². The minimum atomic E-state index is -4.98. The van der Waals surface area contributed by atoms with Crippen molar-refractivity contribution in [2.24, 2.45) is 0 Å². The number of ether oxygens (including phenoxy) is 4. The lowest BCUT2D eigenvalue weighted by Gasteiger charge is -2.21. The highest BCUT2D eigenvalue weighted by molar-refractivity contribution is 7.47. The predicted molar refractivity (Wildman–Crippen MR) is 427 cm³/mol. The number of allylic oxidation sites excluding steroid dienone is 12. The Morgan fingerprint density at radius 1 is 0.269 bits per heavy atom. The number of hydrogen-bond acceptors (Lipinski definition) is 15. The SMILES string of the molecule is CCCCC/C=C\C/C=C\C/C=C\CCCCCCCCC(=O)OCC(COP(=O)(O)OCC(O)COP(=O)(O)OCC(COC(=O)CCCCCCCCCCCCCCCCC)OC(=O)CCCCCCCCCCCCC)OC(=O)CCCCCCCC/C=C\C/C=C\C/C=C\CCCCC. The summed E-state index contributed by atoms with van der Waals surface area (Å²) in [5.41, 5.74) is 0. The number of rotatable bonds is 80. The Bertz CT molecular complexity index is 2250. The molecule has 0 aliphatic carbocycles. The Balaban J connectivity index is 5.33. The molecule has 17 nitrogen and oxygen atoms in total. The monoisotopic (exact) mass is 1510 g/mol. The maximum atomic E-state index is 13.1. The zero-order valence-corrected chi connectivity index (χ0v) is 68.2. The standard InChI is InChI=1S/C85H154O17P2/c1-5-9-13-17-21-25-29-32-35-37-39-41-44-47-51-54-58-62-66-70-83(88)96-76-81(102-85(90)72-68-64-60-56-52-48-45-42-40-38-36-33-30-26-22-18-14-10-6-2)78-100-104(93,94)98-74-79(86)73-97-103(91,92)99-77-80(101-84(89)71-67-63-59-55-49-28-24-20-16-12-8-4)75-95-82(87)69-65-61-57-53-50-46-43-34-31-27-23-19-15-11-7-3/h21-22,25-26,32-33,35-36,39-42,79-81,86H,5-20,23-24,27-31,34,37-38,43-78H2,1-4H3,(H,91,92)(H,93,94)/b25-21-,26-22-,35-32-,36-33-,41-39-,42-40-. The average Bonchev–Trinajstić information content (AvgIpc) is 0.928. The Morgan fingerprint density at radius 3 is 0.740 bits per heavy atom. The molecule has 0 bridgehead atoms. The molecule has 0 aromatic rings. The molecule has 0 amide bonds. The van der Waals surface area contributed by atoms with E-state index in [1.54, 1.807) is 0 Å². The van der Waals surface area contributed by atoms with Crippen LogP contribution < -0.4 is 0 Å². The number of carbonyl (C=O) groups excluding carboxylic acids is 4. The topological polar surface area (TPSA) is 237 Å². The molecule has 19 heteroatoms. The van der Waals surface area contributed by atoms with Gasteiger partial charge in [0.05, 0.1) is 26.4 Å². The van der Waals surface area contributed by atoms with Crippen molar-refractivity contribution in [2.75, 3.05) is 39.6 Å². The summed E-state index contributed by atoms with van der Waals surface area (Å²) >= 11 is 0. The van der Waals surface area contributed by atoms with Crippen molar-refractivity contribution in [3.05, 3.63) is 72.9 Å². The summed E-state index contributed by atoms with van der Waals surface area (Å²) in [4.78, 5) is 73.1. The lowest BCUT2D eigenvalue weighted by atomic mass is 10.0. The minimum absolute atomic E-state index is 0.0800. The van der Waals surface area contributed by atoms with E-state index in [2.05, 4.69) is 101 Å². The molecule has 5 unspecified atom stereocenters. The molecule has 606 valence electrons. The summed E-state index contributed by atoms with van der Waals surface area (Å²) in [6.07, 6.45) is 80.1. The van der Waals surface area contributed by atoms with E-state index in [0.717, 1.165) is 161 Å². The first-order chi connectivity index (χ1) is 50.7. The van der Waals surface area contributed by atoms with E-state index < -0.39 is 97.5 Å². The average molecular weight is 1510 g/mol. The molecule has 104 heavy (non-hydrogen) atoms. The summed E-state index contributed by atoms with van der Waals surface area (Å²) in [5.74, 6) is -2.17. The molecule has 0 rings (SSSR count). The van der Waals surface area contributed by atoms with Gasteiger partial charge in [0.2, 0.25) is 0 Å². The van der Waals surface area contributed by atoms with E-state index in [9.17, 15) is 43.2 Å². The first kappa shape index (κ1) is 100. The molecule has 3 N–H and O–H groups in total. The third-order valence-corrected chi connectivity index (χ3v) is 20.1. The van der Waals surface area contributed by atoms with Gasteiger partial charge in [0.1, 0.15) is 19.3 Å². The molecular formula is C85H154O17P2. The molecular weight excluding hydrogens is 1350 g/mol. The molecule has 0 aliphatic rings. The molecule has 0 radical (unpaired) electrons. The number of esters is 4. The summed E-state index contributed by atoms with van der Waals surface area (Å²) in [5, 5.41) is 10.7. The predicted octanol–water partition coefficient (Wildman–Crippen LogP) is 24.8. The Hall–Kier alpha value is -3.50. The van der Waals surface area contributed by atoms with E-state index in [1.807, 2.05) is 0 Å². The van der Waals surface area contributed by atoms with Crippen LogP contribution in [0.25, 0.3) is 0 Å². The Morgan fingerprint density at radius 2 is 0.471 bits per heavy atom. The smallest absolute Gasteiger partial charge is 0.462 e. The fourth-order valence-electron chi connectivity index (χ4n) is 11.7. The van der Waals surface area contributed by atoms with Gasteiger partial charge in [-0.05, 0) is 103 Å². The first-order valence-electron chi connectivity index (χ1n) is 42.2. The van der Waals surface area contributed by atoms with Crippen molar-refractivity contribution in [2.45, 2.75) is 406 Å². The second kappa shape index (κ2) is 77.7. The van der Waals surface area contributed by atoms with Gasteiger partial charge in [0.25, 0.3) is 0 Å². The van der Waals surface area contributed by atoms with Gasteiger partial charge in [-0.15, -0.1) is 0 Å². The van der Waals surface area contributed by atoms with Gasteiger partial charge >= 0.3 is 39.5 Å². The molecule has 0 spiro atoms. The third-order valence-electron chi connectivity index (χ3n) is 18.2. The number of phosphoric acid groups is 2. The van der Waals surface area contributed by atoms with E-state index in [0.29, 0.717) is 25.7 Å². The normalized spacial score (nSPS) is 14.2. The fraction of sp³-hybridized carbons (Fsp3) is 0.812. The van der Waals surface area contributed by atoms with E-state index in [1.165, 1.54) is 148 Å². The van der Waals surface area contributed by atoms with Crippen LogP contribution in [0.3, 0.4) is 0 Å². The van der Waals surface area contributed by atoms with Gasteiger partial charge in [-0.25, -0.2) is 9.13 Å². The number of carbonyl (C=O) groups is 4. The lowest BCUT2D eigenvalue weighted by Crippen LogP contribution is -2.30. The van der Waals surface area contributed by atoms with Gasteiger partial charge in [-0.2, -0.15) is 0 Å². The molecule has 0 saturated carbocycles. The molecule has 0 heterocycles. The number of phosphoric ester groups is 2. The van der Waals surface area contributed by atoms with Crippen molar-refractivity contribution in [3.8, 4) is 0 Å². The Labute approximate surface area is 634 Å². The molecule has 0 fully saturated rings. The minimum Gasteiger partial charge on any atom is -0.462 e. The van der Waals surface area contributed by atoms with Crippen LogP contribution in [0.4, 0.5) is 0 Å². The molecule has 0 aliphatic heterocycles. The highest BCUT2D eigenvalue weighted by Gasteiger charge is 2.30. The largest absolute Gasteiger partial charge is 0.472 e. The van der Waals surface area contributed by atoms with E-state index in [4.69, 9.17) is 37.0 Å². The van der Waals surface area contributed by atoms with Crippen molar-refractivity contribution in [1.29, 1.82) is 0 Å². The maximum absolute atomic E-state index is 13.1. The van der Waals surface area contributed by atoms with E-state index in [-0.39, 0.29) is 25.7 Å². The summed E-state index contributed by atoms with van der Waals surface area (Å²) < 4.78 is 68.7. The van der Waals surface area contributed by atoms with Crippen molar-refractivity contribution in [1.82, 2.24) is 0 Å². The summed E-state index contributed by atoms with van der Waals surface area (Å²) in [6.45, 7) is 4.87. The van der Waals surface area contributed by atoms with Crippen LogP contribution in [0.5, 0.6) is 0 Å². The van der Waals surface area contributed by atoms with Gasteiger partial charge in [-0.3, -0.25) is 37.3 Å². The Kier molecular flexibility index (Phi) is 75.0. The molecule has 5 atom stereocenters. The van der Waals surface area contributed by atoms with Crippen molar-refractivity contribution in [3.63, 3.8) is 0 Å². The fourth-order valence-corrected chi connectivity index (χ4v) is 13.3. The van der Waals surface area contributed by atoms with Crippen LogP contribution in [0.15, 0.2) is 72.9 Å². The number of aliphatic hydroxyl groups is 1. The second-order valence-electron chi connectivity index (χ2n) is 28.4. The third kappa shape index (κ3) is 76.7. The quantitative estimate of drug-likeness (QED) is 0.0169. The zero-order chi connectivity index (χ0) is 76.0. The highest BCUT2D eigenvalue weighted by atomic mass is 31.2. The van der Waals surface area contributed by atoms with Crippen LogP contribution in [0.1, 0.15) is 387 Å². The number of unbranched alkanes of at least 4 members (excludes halogenated alkanes) is 42. The van der Waals surface area contributed by atoms with Crippen LogP contribution in [0.2, 0.25) is 0 Å². The van der Waals surface area contributed by atoms with Crippen LogP contribution in [-0.2, 0) is 65.4 Å². The summed E-state index contributed by atoms with van der Waals surface area (Å²) in [7, 11) is -9.95. The van der Waals surface area contributed by atoms with Crippen molar-refractivity contribution < 1.29 is 80.2 Å². The lowest BCUT2D eigenvalue weighted by molar-refractivity contribution is -0.161. The second-order valence-corrected chi connectivity index (χ2v) is 31.3. The summed E-state index contributed by atoms with van der Waals surface area (Å²) in [6, 6.07) is 0. The van der Waals surface area contributed by atoms with Gasteiger partial charge in [-0.1, -0.05) is 332 Å². The molecule has 0 saturated heterocycles. The van der Waals surface area contributed by atoms with Crippen LogP contribution in [-0.4, -0.2) is 96.7 Å².